The van der Waals surface area contributed by atoms with Crippen LogP contribution in [0.1, 0.15) is 24.2 Å². The van der Waals surface area contributed by atoms with Gasteiger partial charge in [-0.2, -0.15) is 0 Å². The minimum absolute atomic E-state index is 0.0385. The van der Waals surface area contributed by atoms with Crippen LogP contribution >= 0.6 is 11.8 Å². The molecule has 1 fully saturated rings. The molecule has 1 aromatic rings. The zero-order valence-electron chi connectivity index (χ0n) is 13.3. The van der Waals surface area contributed by atoms with E-state index in [1.165, 1.54) is 0 Å². The Morgan fingerprint density at radius 1 is 1.05 bits per heavy atom. The minimum atomic E-state index is -0.0496. The first kappa shape index (κ1) is 16.7. The number of urea groups is 1. The number of piperazine rings is 1. The standard InChI is InChI=1S/C16H23N3O2S/c1-12(2)17-16(21)19-10-8-18(9-11-19)15(20)13-4-6-14(22-3)7-5-13/h4-7,12H,8-11H2,1-3H3,(H,17,21). The molecule has 0 spiro atoms. The van der Waals surface area contributed by atoms with E-state index in [-0.39, 0.29) is 18.0 Å². The Balaban J connectivity index is 1.90. The lowest BCUT2D eigenvalue weighted by Gasteiger charge is -2.35. The number of thioether (sulfide) groups is 1. The number of rotatable bonds is 3. The first-order valence-corrected chi connectivity index (χ1v) is 8.72. The summed E-state index contributed by atoms with van der Waals surface area (Å²) in [7, 11) is 0. The fourth-order valence-corrected chi connectivity index (χ4v) is 2.78. The second kappa shape index (κ2) is 7.54. The number of carbonyl (C=O) groups is 2. The Kier molecular flexibility index (Phi) is 5.71. The molecule has 22 heavy (non-hydrogen) atoms. The van der Waals surface area contributed by atoms with Gasteiger partial charge in [0.05, 0.1) is 0 Å². The summed E-state index contributed by atoms with van der Waals surface area (Å²) < 4.78 is 0. The maximum atomic E-state index is 12.5. The van der Waals surface area contributed by atoms with Gasteiger partial charge in [-0.15, -0.1) is 11.8 Å². The maximum absolute atomic E-state index is 12.5. The number of nitrogens with one attached hydrogen (secondary N) is 1. The van der Waals surface area contributed by atoms with Gasteiger partial charge >= 0.3 is 6.03 Å². The SMILES string of the molecule is CSc1ccc(C(=O)N2CCN(C(=O)NC(C)C)CC2)cc1. The van der Waals surface area contributed by atoms with Crippen LogP contribution in [-0.2, 0) is 0 Å². The highest BCUT2D eigenvalue weighted by Crippen LogP contribution is 2.16. The van der Waals surface area contributed by atoms with E-state index < -0.39 is 0 Å². The molecular formula is C16H23N3O2S. The van der Waals surface area contributed by atoms with Gasteiger partial charge in [-0.25, -0.2) is 4.79 Å². The van der Waals surface area contributed by atoms with Crippen molar-refractivity contribution in [1.82, 2.24) is 15.1 Å². The summed E-state index contributed by atoms with van der Waals surface area (Å²) in [5.41, 5.74) is 0.706. The van der Waals surface area contributed by atoms with E-state index in [0.29, 0.717) is 31.7 Å². The summed E-state index contributed by atoms with van der Waals surface area (Å²) in [5.74, 6) is 0.0385. The lowest BCUT2D eigenvalue weighted by atomic mass is 10.2. The third kappa shape index (κ3) is 4.16. The molecule has 0 aromatic heterocycles. The highest BCUT2D eigenvalue weighted by molar-refractivity contribution is 7.98. The van der Waals surface area contributed by atoms with Crippen LogP contribution in [0.2, 0.25) is 0 Å². The third-order valence-electron chi connectivity index (χ3n) is 3.60. The predicted molar refractivity (Wildman–Crippen MR) is 89.4 cm³/mol. The zero-order chi connectivity index (χ0) is 16.1. The second-order valence-electron chi connectivity index (χ2n) is 5.61. The van der Waals surface area contributed by atoms with Crippen LogP contribution in [0.5, 0.6) is 0 Å². The van der Waals surface area contributed by atoms with Crippen molar-refractivity contribution < 1.29 is 9.59 Å². The topological polar surface area (TPSA) is 52.7 Å². The summed E-state index contributed by atoms with van der Waals surface area (Å²) in [6, 6.07) is 7.74. The van der Waals surface area contributed by atoms with Crippen LogP contribution in [0.15, 0.2) is 29.2 Å². The van der Waals surface area contributed by atoms with Crippen LogP contribution in [0.25, 0.3) is 0 Å². The summed E-state index contributed by atoms with van der Waals surface area (Å²) in [6.07, 6.45) is 2.01. The van der Waals surface area contributed by atoms with Gasteiger partial charge in [0.25, 0.3) is 5.91 Å². The van der Waals surface area contributed by atoms with E-state index in [4.69, 9.17) is 0 Å². The summed E-state index contributed by atoms with van der Waals surface area (Å²) >= 11 is 1.66. The first-order valence-electron chi connectivity index (χ1n) is 7.50. The fourth-order valence-electron chi connectivity index (χ4n) is 2.37. The van der Waals surface area contributed by atoms with Crippen molar-refractivity contribution >= 4 is 23.7 Å². The first-order chi connectivity index (χ1) is 10.5. The Morgan fingerprint density at radius 3 is 2.09 bits per heavy atom. The average Bonchev–Trinajstić information content (AvgIpc) is 2.54. The molecule has 5 nitrogen and oxygen atoms in total. The van der Waals surface area contributed by atoms with Gasteiger partial charge < -0.3 is 15.1 Å². The third-order valence-corrected chi connectivity index (χ3v) is 4.35. The van der Waals surface area contributed by atoms with E-state index in [1.54, 1.807) is 16.7 Å². The molecule has 1 aliphatic heterocycles. The predicted octanol–water partition coefficient (Wildman–Crippen LogP) is 2.28. The molecule has 3 amide bonds. The summed E-state index contributed by atoms with van der Waals surface area (Å²) in [6.45, 7) is 6.19. The van der Waals surface area contributed by atoms with Crippen molar-refractivity contribution in [2.24, 2.45) is 0 Å². The summed E-state index contributed by atoms with van der Waals surface area (Å²) in [5, 5.41) is 2.88. The Hall–Kier alpha value is -1.69. The van der Waals surface area contributed by atoms with Crippen molar-refractivity contribution in [2.75, 3.05) is 32.4 Å². The van der Waals surface area contributed by atoms with Crippen molar-refractivity contribution in [3.8, 4) is 0 Å². The van der Waals surface area contributed by atoms with E-state index in [0.717, 1.165) is 4.90 Å². The summed E-state index contributed by atoms with van der Waals surface area (Å²) in [4.78, 5) is 29.1. The number of hydrogen-bond donors (Lipinski definition) is 1. The number of amides is 3. The normalized spacial score (nSPS) is 15.1. The molecule has 0 atom stereocenters. The molecule has 1 heterocycles. The van der Waals surface area contributed by atoms with Crippen LogP contribution in [0.4, 0.5) is 4.79 Å². The van der Waals surface area contributed by atoms with E-state index in [2.05, 4.69) is 5.32 Å². The van der Waals surface area contributed by atoms with Crippen LogP contribution in [-0.4, -0.2) is 60.2 Å². The van der Waals surface area contributed by atoms with Gasteiger partial charge in [0.15, 0.2) is 0 Å². The lowest BCUT2D eigenvalue weighted by Crippen LogP contribution is -2.54. The molecular weight excluding hydrogens is 298 g/mol. The number of carbonyl (C=O) groups excluding carboxylic acids is 2. The van der Waals surface area contributed by atoms with Gasteiger partial charge in [0.1, 0.15) is 0 Å². The number of benzene rings is 1. The Labute approximate surface area is 136 Å². The highest BCUT2D eigenvalue weighted by Gasteiger charge is 2.24. The molecule has 0 saturated carbocycles. The van der Waals surface area contributed by atoms with Crippen molar-refractivity contribution in [2.45, 2.75) is 24.8 Å². The molecule has 0 radical (unpaired) electrons. The molecule has 120 valence electrons. The van der Waals surface area contributed by atoms with Crippen molar-refractivity contribution in [1.29, 1.82) is 0 Å². The molecule has 1 aromatic carbocycles. The molecule has 0 unspecified atom stereocenters. The van der Waals surface area contributed by atoms with Crippen LogP contribution in [0.3, 0.4) is 0 Å². The molecule has 2 rings (SSSR count). The number of nitrogens with zero attached hydrogens (tertiary/aromatic N) is 2. The van der Waals surface area contributed by atoms with Crippen molar-refractivity contribution in [3.63, 3.8) is 0 Å². The number of hydrogen-bond acceptors (Lipinski definition) is 3. The lowest BCUT2D eigenvalue weighted by molar-refractivity contribution is 0.0664. The van der Waals surface area contributed by atoms with E-state index >= 15 is 0 Å². The molecule has 1 aliphatic rings. The smallest absolute Gasteiger partial charge is 0.317 e. The molecule has 6 heteroatoms. The Bertz CT molecular complexity index is 523. The van der Waals surface area contributed by atoms with Gasteiger partial charge in [-0.05, 0) is 44.4 Å². The average molecular weight is 321 g/mol. The largest absolute Gasteiger partial charge is 0.336 e. The fraction of sp³-hybridized carbons (Fsp3) is 0.500. The molecule has 0 aliphatic carbocycles. The molecule has 1 saturated heterocycles. The van der Waals surface area contributed by atoms with Crippen LogP contribution < -0.4 is 5.32 Å². The molecule has 1 N–H and O–H groups in total. The second-order valence-corrected chi connectivity index (χ2v) is 6.49. The maximum Gasteiger partial charge on any atom is 0.317 e. The van der Waals surface area contributed by atoms with Gasteiger partial charge in [0, 0.05) is 42.7 Å². The minimum Gasteiger partial charge on any atom is -0.336 e. The monoisotopic (exact) mass is 321 g/mol. The zero-order valence-corrected chi connectivity index (χ0v) is 14.2. The van der Waals surface area contributed by atoms with E-state index in [9.17, 15) is 9.59 Å². The van der Waals surface area contributed by atoms with Gasteiger partial charge in [0.2, 0.25) is 0 Å². The Morgan fingerprint density at radius 2 is 1.59 bits per heavy atom. The van der Waals surface area contributed by atoms with Crippen molar-refractivity contribution in [3.05, 3.63) is 29.8 Å². The molecule has 0 bridgehead atoms. The van der Waals surface area contributed by atoms with E-state index in [1.807, 2.05) is 49.3 Å². The van der Waals surface area contributed by atoms with Crippen LogP contribution in [0, 0.1) is 0 Å². The highest BCUT2D eigenvalue weighted by atomic mass is 32.2. The van der Waals surface area contributed by atoms with Gasteiger partial charge in [-0.1, -0.05) is 0 Å². The van der Waals surface area contributed by atoms with Gasteiger partial charge in [-0.3, -0.25) is 4.79 Å². The quantitative estimate of drug-likeness (QED) is 0.869.